The molecule has 2 rings (SSSR count). The Balaban J connectivity index is 2.60. The lowest BCUT2D eigenvalue weighted by atomic mass is 10.1. The van der Waals surface area contributed by atoms with E-state index < -0.39 is 0 Å². The van der Waals surface area contributed by atoms with E-state index in [1.54, 1.807) is 0 Å². The zero-order valence-electron chi connectivity index (χ0n) is 6.89. The first-order chi connectivity index (χ1) is 5.77. The zero-order chi connectivity index (χ0) is 8.55. The summed E-state index contributed by atoms with van der Waals surface area (Å²) in [6.45, 7) is 1.94. The van der Waals surface area contributed by atoms with Gasteiger partial charge in [0.05, 0.1) is 5.69 Å². The van der Waals surface area contributed by atoms with Gasteiger partial charge in [-0.15, -0.1) is 0 Å². The largest absolute Gasteiger partial charge is 0.345 e. The number of nitrogens with one attached hydrogen (secondary N) is 1. The average Bonchev–Trinajstić information content (AvgIpc) is 2.04. The lowest BCUT2D eigenvalue weighted by Crippen LogP contribution is -2.19. The molecule has 0 spiro atoms. The van der Waals surface area contributed by atoms with Gasteiger partial charge in [0, 0.05) is 17.0 Å². The quantitative estimate of drug-likeness (QED) is 0.647. The minimum atomic E-state index is -0.210. The summed E-state index contributed by atoms with van der Waals surface area (Å²) >= 11 is 1.90. The number of rotatable bonds is 0. The molecular weight excluding hydrogens is 172 g/mol. The number of thioether (sulfide) groups is 1. The molecule has 1 aromatic rings. The molecule has 64 valence electrons. The van der Waals surface area contributed by atoms with Gasteiger partial charge in [-0.25, -0.2) is 4.79 Å². The van der Waals surface area contributed by atoms with Crippen molar-refractivity contribution in [1.29, 1.82) is 0 Å². The first-order valence-electron chi connectivity index (χ1n) is 3.94. The number of aryl methyl sites for hydroxylation is 2. The van der Waals surface area contributed by atoms with Crippen LogP contribution in [0.2, 0.25) is 0 Å². The molecule has 3 nitrogen and oxygen atoms in total. The Morgan fingerprint density at radius 3 is 3.25 bits per heavy atom. The summed E-state index contributed by atoms with van der Waals surface area (Å²) in [5.74, 6) is 2.08. The Kier molecular flexibility index (Phi) is 1.92. The van der Waals surface area contributed by atoms with Crippen molar-refractivity contribution in [3.05, 3.63) is 27.4 Å². The highest BCUT2D eigenvalue weighted by atomic mass is 32.2. The van der Waals surface area contributed by atoms with Crippen LogP contribution in [0.1, 0.15) is 17.0 Å². The van der Waals surface area contributed by atoms with Crippen LogP contribution < -0.4 is 5.69 Å². The predicted molar refractivity (Wildman–Crippen MR) is 49.5 cm³/mol. The topological polar surface area (TPSA) is 45.8 Å². The fourth-order valence-electron chi connectivity index (χ4n) is 1.41. The fraction of sp³-hybridized carbons (Fsp3) is 0.500. The highest BCUT2D eigenvalue weighted by Gasteiger charge is 2.13. The molecule has 0 fully saturated rings. The van der Waals surface area contributed by atoms with Crippen molar-refractivity contribution >= 4 is 11.8 Å². The molecule has 12 heavy (non-hydrogen) atoms. The number of hydrogen-bond donors (Lipinski definition) is 1. The summed E-state index contributed by atoms with van der Waals surface area (Å²) in [6, 6.07) is 0. The smallest absolute Gasteiger partial charge is 0.310 e. The van der Waals surface area contributed by atoms with Gasteiger partial charge in [0.1, 0.15) is 0 Å². The molecule has 0 aromatic carbocycles. The molecular formula is C8H10N2OS. The van der Waals surface area contributed by atoms with Gasteiger partial charge in [0.15, 0.2) is 0 Å². The van der Waals surface area contributed by atoms with E-state index in [0.717, 1.165) is 29.3 Å². The second-order valence-electron chi connectivity index (χ2n) is 2.89. The predicted octanol–water partition coefficient (Wildman–Crippen LogP) is 0.868. The number of aromatic amines is 1. The van der Waals surface area contributed by atoms with E-state index in [9.17, 15) is 4.79 Å². The molecule has 4 heteroatoms. The van der Waals surface area contributed by atoms with E-state index in [-0.39, 0.29) is 5.69 Å². The van der Waals surface area contributed by atoms with Crippen molar-refractivity contribution in [3.8, 4) is 0 Å². The number of nitrogens with zero attached hydrogens (tertiary/aromatic N) is 1. The summed E-state index contributed by atoms with van der Waals surface area (Å²) in [5.41, 5.74) is 3.00. The van der Waals surface area contributed by atoms with E-state index in [1.165, 1.54) is 5.56 Å². The summed E-state index contributed by atoms with van der Waals surface area (Å²) in [4.78, 5) is 17.7. The van der Waals surface area contributed by atoms with Crippen LogP contribution in [0.15, 0.2) is 4.79 Å². The van der Waals surface area contributed by atoms with Crippen LogP contribution in [-0.2, 0) is 12.2 Å². The average molecular weight is 182 g/mol. The monoisotopic (exact) mass is 182 g/mol. The Bertz CT molecular complexity index is 359. The minimum absolute atomic E-state index is 0.210. The third kappa shape index (κ3) is 1.27. The van der Waals surface area contributed by atoms with Gasteiger partial charge in [0.2, 0.25) is 0 Å². The highest BCUT2D eigenvalue weighted by Crippen LogP contribution is 2.23. The Labute approximate surface area is 74.6 Å². The molecule has 0 atom stereocenters. The lowest BCUT2D eigenvalue weighted by molar-refractivity contribution is 0.892. The van der Waals surface area contributed by atoms with Gasteiger partial charge in [0.25, 0.3) is 0 Å². The van der Waals surface area contributed by atoms with E-state index >= 15 is 0 Å². The summed E-state index contributed by atoms with van der Waals surface area (Å²) in [5, 5.41) is 0. The third-order valence-electron chi connectivity index (χ3n) is 2.06. The number of H-pyrrole nitrogens is 1. The number of aromatic nitrogens is 2. The van der Waals surface area contributed by atoms with Crippen molar-refractivity contribution in [2.45, 2.75) is 19.1 Å². The Hall–Kier alpha value is -0.770. The van der Waals surface area contributed by atoms with Crippen molar-refractivity contribution in [3.63, 3.8) is 0 Å². The Morgan fingerprint density at radius 1 is 1.58 bits per heavy atom. The molecule has 0 radical (unpaired) electrons. The van der Waals surface area contributed by atoms with Gasteiger partial charge in [-0.05, 0) is 19.1 Å². The zero-order valence-corrected chi connectivity index (χ0v) is 7.70. The van der Waals surface area contributed by atoms with Gasteiger partial charge in [-0.1, -0.05) is 0 Å². The lowest BCUT2D eigenvalue weighted by Gasteiger charge is -2.14. The highest BCUT2D eigenvalue weighted by molar-refractivity contribution is 7.98. The number of fused-ring (bicyclic) bond motifs is 1. The normalized spacial score (nSPS) is 15.8. The van der Waals surface area contributed by atoms with Gasteiger partial charge in [-0.3, -0.25) is 0 Å². The molecule has 0 saturated carbocycles. The molecule has 0 bridgehead atoms. The fourth-order valence-corrected chi connectivity index (χ4v) is 2.48. The molecule has 1 aliphatic heterocycles. The third-order valence-corrected chi connectivity index (χ3v) is 3.05. The van der Waals surface area contributed by atoms with Crippen LogP contribution in [0, 0.1) is 6.92 Å². The van der Waals surface area contributed by atoms with Crippen LogP contribution in [-0.4, -0.2) is 15.7 Å². The van der Waals surface area contributed by atoms with Crippen molar-refractivity contribution < 1.29 is 0 Å². The van der Waals surface area contributed by atoms with E-state index in [1.807, 2.05) is 18.7 Å². The number of hydrogen-bond acceptors (Lipinski definition) is 3. The van der Waals surface area contributed by atoms with Gasteiger partial charge >= 0.3 is 5.69 Å². The first-order valence-corrected chi connectivity index (χ1v) is 5.09. The van der Waals surface area contributed by atoms with Crippen LogP contribution in [0.5, 0.6) is 0 Å². The van der Waals surface area contributed by atoms with E-state index in [4.69, 9.17) is 0 Å². The summed E-state index contributed by atoms with van der Waals surface area (Å²) in [6.07, 6.45) is 0.935. The minimum Gasteiger partial charge on any atom is -0.310 e. The second kappa shape index (κ2) is 2.94. The van der Waals surface area contributed by atoms with Crippen LogP contribution >= 0.6 is 11.8 Å². The van der Waals surface area contributed by atoms with Crippen molar-refractivity contribution in [2.24, 2.45) is 0 Å². The van der Waals surface area contributed by atoms with Gasteiger partial charge in [-0.2, -0.15) is 16.7 Å². The molecule has 0 unspecified atom stereocenters. The Morgan fingerprint density at radius 2 is 2.42 bits per heavy atom. The van der Waals surface area contributed by atoms with E-state index in [0.29, 0.717) is 0 Å². The molecule has 1 aromatic heterocycles. The molecule has 2 heterocycles. The van der Waals surface area contributed by atoms with E-state index in [2.05, 4.69) is 9.97 Å². The molecule has 1 N–H and O–H groups in total. The summed E-state index contributed by atoms with van der Waals surface area (Å²) < 4.78 is 0. The SMILES string of the molecule is Cc1[nH]c(=O)nc2c1CSCC2. The molecule has 0 amide bonds. The van der Waals surface area contributed by atoms with Crippen LogP contribution in [0.4, 0.5) is 0 Å². The molecule has 0 saturated heterocycles. The molecule has 1 aliphatic rings. The van der Waals surface area contributed by atoms with Crippen LogP contribution in [0.3, 0.4) is 0 Å². The summed E-state index contributed by atoms with van der Waals surface area (Å²) in [7, 11) is 0. The second-order valence-corrected chi connectivity index (χ2v) is 4.00. The molecule has 0 aliphatic carbocycles. The maximum absolute atomic E-state index is 11.0. The maximum Gasteiger partial charge on any atom is 0.345 e. The first kappa shape index (κ1) is 7.86. The maximum atomic E-state index is 11.0. The van der Waals surface area contributed by atoms with Crippen molar-refractivity contribution in [2.75, 3.05) is 5.75 Å². The van der Waals surface area contributed by atoms with Gasteiger partial charge < -0.3 is 4.98 Å². The van der Waals surface area contributed by atoms with Crippen LogP contribution in [0.25, 0.3) is 0 Å². The van der Waals surface area contributed by atoms with Crippen molar-refractivity contribution in [1.82, 2.24) is 9.97 Å². The standard InChI is InChI=1S/C8H10N2OS/c1-5-6-4-12-3-2-7(6)10-8(11)9-5/h2-4H2,1H3,(H,9,10,11).